The van der Waals surface area contributed by atoms with Crippen molar-refractivity contribution in [2.45, 2.75) is 39.2 Å². The first kappa shape index (κ1) is 17.9. The highest BCUT2D eigenvalue weighted by Crippen LogP contribution is 2.19. The minimum Gasteiger partial charge on any atom is -0.339 e. The molecule has 2 amide bonds. The van der Waals surface area contributed by atoms with Crippen molar-refractivity contribution in [1.82, 2.24) is 15.1 Å². The van der Waals surface area contributed by atoms with Gasteiger partial charge in [0.2, 0.25) is 5.91 Å². The second-order valence-corrected chi connectivity index (χ2v) is 7.16. The molecule has 3 rings (SSSR count). The van der Waals surface area contributed by atoms with E-state index in [-0.39, 0.29) is 11.8 Å². The molecule has 2 saturated heterocycles. The average molecular weight is 343 g/mol. The lowest BCUT2D eigenvalue weighted by Crippen LogP contribution is -2.40. The highest BCUT2D eigenvalue weighted by molar-refractivity contribution is 5.94. The van der Waals surface area contributed by atoms with Crippen LogP contribution in [0.3, 0.4) is 0 Å². The molecule has 2 heterocycles. The van der Waals surface area contributed by atoms with Gasteiger partial charge in [0.05, 0.1) is 0 Å². The van der Waals surface area contributed by atoms with Crippen LogP contribution in [0, 0.1) is 5.92 Å². The molecule has 0 bridgehead atoms. The zero-order valence-electron chi connectivity index (χ0n) is 15.2. The van der Waals surface area contributed by atoms with Gasteiger partial charge >= 0.3 is 0 Å². The van der Waals surface area contributed by atoms with E-state index in [1.54, 1.807) is 0 Å². The van der Waals surface area contributed by atoms with Crippen LogP contribution in [-0.2, 0) is 11.3 Å². The van der Waals surface area contributed by atoms with Gasteiger partial charge in [-0.3, -0.25) is 9.59 Å². The van der Waals surface area contributed by atoms with E-state index in [0.29, 0.717) is 18.9 Å². The van der Waals surface area contributed by atoms with E-state index >= 15 is 0 Å². The fourth-order valence-electron chi connectivity index (χ4n) is 3.72. The molecule has 0 radical (unpaired) electrons. The van der Waals surface area contributed by atoms with Crippen LogP contribution in [0.25, 0.3) is 0 Å². The van der Waals surface area contributed by atoms with Crippen molar-refractivity contribution in [3.8, 4) is 0 Å². The number of rotatable bonds is 6. The zero-order chi connectivity index (χ0) is 17.6. The van der Waals surface area contributed by atoms with Gasteiger partial charge < -0.3 is 15.1 Å². The number of carbonyl (C=O) groups excluding carboxylic acids is 2. The molecule has 25 heavy (non-hydrogen) atoms. The first-order valence-corrected chi connectivity index (χ1v) is 9.54. The lowest BCUT2D eigenvalue weighted by atomic mass is 9.96. The summed E-state index contributed by atoms with van der Waals surface area (Å²) in [7, 11) is 0. The maximum atomic E-state index is 12.7. The van der Waals surface area contributed by atoms with Crippen LogP contribution >= 0.6 is 0 Å². The zero-order valence-corrected chi connectivity index (χ0v) is 15.2. The van der Waals surface area contributed by atoms with Gasteiger partial charge in [0.15, 0.2) is 0 Å². The van der Waals surface area contributed by atoms with Gasteiger partial charge in [-0.15, -0.1) is 0 Å². The molecule has 5 heteroatoms. The standard InChI is InChI=1S/C20H29N3O2/c1-2-21-14-16-9-12-22(13-10-16)20(25)18-7-5-17(6-8-18)15-23-11-3-4-19(23)24/h5-8,16,21H,2-4,9-15H2,1H3. The molecule has 1 N–H and O–H groups in total. The van der Waals surface area contributed by atoms with Crippen LogP contribution in [0.2, 0.25) is 0 Å². The van der Waals surface area contributed by atoms with Crippen molar-refractivity contribution in [3.63, 3.8) is 0 Å². The van der Waals surface area contributed by atoms with Crippen LogP contribution in [0.15, 0.2) is 24.3 Å². The molecule has 5 nitrogen and oxygen atoms in total. The minimum absolute atomic E-state index is 0.130. The van der Waals surface area contributed by atoms with Crippen LogP contribution in [-0.4, -0.2) is 54.3 Å². The number of nitrogens with zero attached hydrogens (tertiary/aromatic N) is 2. The molecule has 1 aromatic carbocycles. The number of likely N-dealkylation sites (tertiary alicyclic amines) is 2. The fraction of sp³-hybridized carbons (Fsp3) is 0.600. The first-order valence-electron chi connectivity index (χ1n) is 9.54. The Balaban J connectivity index is 1.52. The molecule has 0 spiro atoms. The van der Waals surface area contributed by atoms with Crippen molar-refractivity contribution in [1.29, 1.82) is 0 Å². The van der Waals surface area contributed by atoms with Crippen molar-refractivity contribution in [2.24, 2.45) is 5.92 Å². The molecule has 0 unspecified atom stereocenters. The summed E-state index contributed by atoms with van der Waals surface area (Å²) in [4.78, 5) is 28.3. The molecule has 0 aromatic heterocycles. The molecular weight excluding hydrogens is 314 g/mol. The van der Waals surface area contributed by atoms with Gasteiger partial charge in [0, 0.05) is 38.2 Å². The maximum absolute atomic E-state index is 12.7. The number of nitrogens with one attached hydrogen (secondary N) is 1. The van der Waals surface area contributed by atoms with Crippen LogP contribution in [0.5, 0.6) is 0 Å². The van der Waals surface area contributed by atoms with E-state index in [4.69, 9.17) is 0 Å². The van der Waals surface area contributed by atoms with Crippen LogP contribution in [0.1, 0.15) is 48.5 Å². The Morgan fingerprint density at radius 3 is 2.48 bits per heavy atom. The molecule has 2 fully saturated rings. The minimum atomic E-state index is 0.130. The van der Waals surface area contributed by atoms with Gasteiger partial charge in [0.25, 0.3) is 5.91 Å². The second-order valence-electron chi connectivity index (χ2n) is 7.16. The summed E-state index contributed by atoms with van der Waals surface area (Å²) in [5, 5.41) is 3.40. The third kappa shape index (κ3) is 4.60. The van der Waals surface area contributed by atoms with E-state index in [0.717, 1.165) is 63.1 Å². The first-order chi connectivity index (χ1) is 12.2. The number of amides is 2. The number of carbonyl (C=O) groups is 2. The van der Waals surface area contributed by atoms with Gasteiger partial charge in [-0.1, -0.05) is 19.1 Å². The largest absolute Gasteiger partial charge is 0.339 e. The van der Waals surface area contributed by atoms with Crippen LogP contribution in [0.4, 0.5) is 0 Å². The lowest BCUT2D eigenvalue weighted by molar-refractivity contribution is -0.128. The molecule has 0 atom stereocenters. The van der Waals surface area contributed by atoms with Crippen molar-refractivity contribution in [2.75, 3.05) is 32.7 Å². The second kappa shape index (κ2) is 8.48. The van der Waals surface area contributed by atoms with Gasteiger partial charge in [0.1, 0.15) is 0 Å². The van der Waals surface area contributed by atoms with E-state index in [1.807, 2.05) is 34.1 Å². The molecule has 1 aromatic rings. The predicted octanol–water partition coefficient (Wildman–Crippen LogP) is 2.27. The topological polar surface area (TPSA) is 52.7 Å². The Kier molecular flexibility index (Phi) is 6.08. The quantitative estimate of drug-likeness (QED) is 0.862. The monoisotopic (exact) mass is 343 g/mol. The van der Waals surface area contributed by atoms with Crippen LogP contribution < -0.4 is 5.32 Å². The lowest BCUT2D eigenvalue weighted by Gasteiger charge is -2.32. The van der Waals surface area contributed by atoms with Crippen molar-refractivity contribution >= 4 is 11.8 Å². The Bertz CT molecular complexity index is 591. The number of benzene rings is 1. The highest BCUT2D eigenvalue weighted by Gasteiger charge is 2.24. The Morgan fingerprint density at radius 1 is 1.16 bits per heavy atom. The van der Waals surface area contributed by atoms with Gasteiger partial charge in [-0.05, 0) is 56.0 Å². The molecule has 136 valence electrons. The van der Waals surface area contributed by atoms with Crippen molar-refractivity contribution in [3.05, 3.63) is 35.4 Å². The molecule has 0 aliphatic carbocycles. The number of piperidine rings is 1. The van der Waals surface area contributed by atoms with Crippen molar-refractivity contribution < 1.29 is 9.59 Å². The summed E-state index contributed by atoms with van der Waals surface area (Å²) in [6.07, 6.45) is 3.78. The van der Waals surface area contributed by atoms with E-state index in [2.05, 4.69) is 12.2 Å². The summed E-state index contributed by atoms with van der Waals surface area (Å²) in [6, 6.07) is 7.78. The molecule has 2 aliphatic heterocycles. The third-order valence-corrected chi connectivity index (χ3v) is 5.33. The summed E-state index contributed by atoms with van der Waals surface area (Å²) < 4.78 is 0. The van der Waals surface area contributed by atoms with E-state index < -0.39 is 0 Å². The van der Waals surface area contributed by atoms with Gasteiger partial charge in [-0.25, -0.2) is 0 Å². The number of hydrogen-bond donors (Lipinski definition) is 1. The Morgan fingerprint density at radius 2 is 1.88 bits per heavy atom. The van der Waals surface area contributed by atoms with E-state index in [9.17, 15) is 9.59 Å². The summed E-state index contributed by atoms with van der Waals surface area (Å²) in [5.74, 6) is 1.05. The highest BCUT2D eigenvalue weighted by atomic mass is 16.2. The number of hydrogen-bond acceptors (Lipinski definition) is 3. The SMILES string of the molecule is CCNCC1CCN(C(=O)c2ccc(CN3CCCC3=O)cc2)CC1. The van der Waals surface area contributed by atoms with E-state index in [1.165, 1.54) is 0 Å². The Hall–Kier alpha value is -1.88. The Labute approximate surface area is 150 Å². The summed E-state index contributed by atoms with van der Waals surface area (Å²) in [5.41, 5.74) is 1.85. The molecular formula is C20H29N3O2. The fourth-order valence-corrected chi connectivity index (χ4v) is 3.72. The summed E-state index contributed by atoms with van der Waals surface area (Å²) >= 11 is 0. The molecule has 0 saturated carbocycles. The maximum Gasteiger partial charge on any atom is 0.253 e. The molecule has 2 aliphatic rings. The normalized spacial score (nSPS) is 18.8. The predicted molar refractivity (Wildman–Crippen MR) is 98.3 cm³/mol. The summed E-state index contributed by atoms with van der Waals surface area (Å²) in [6.45, 7) is 7.39. The smallest absolute Gasteiger partial charge is 0.253 e. The van der Waals surface area contributed by atoms with Gasteiger partial charge in [-0.2, -0.15) is 0 Å². The average Bonchev–Trinajstić information content (AvgIpc) is 3.05. The third-order valence-electron chi connectivity index (χ3n) is 5.33.